The van der Waals surface area contributed by atoms with Crippen molar-refractivity contribution in [1.29, 1.82) is 0 Å². The van der Waals surface area contributed by atoms with E-state index < -0.39 is 0 Å². The van der Waals surface area contributed by atoms with E-state index in [1.54, 1.807) is 0 Å². The number of ether oxygens (including phenoxy) is 1. The van der Waals surface area contributed by atoms with Crippen molar-refractivity contribution in [1.82, 2.24) is 0 Å². The third-order valence-electron chi connectivity index (χ3n) is 4.38. The molecule has 2 nitrogen and oxygen atoms in total. The number of aliphatic hydroxyl groups is 1. The van der Waals surface area contributed by atoms with Gasteiger partial charge in [-0.25, -0.2) is 0 Å². The van der Waals surface area contributed by atoms with E-state index in [4.69, 9.17) is 9.84 Å². The standard InChI is InChI=1S/C11H20O2/c1-8-9(4-7-12)11(3)6-5-10(8,2)13-11/h8-9,12H,4-7H2,1-3H3/t8-,9-,10+,11-/m0/s1. The molecule has 0 aromatic heterocycles. The zero-order valence-electron chi connectivity index (χ0n) is 8.84. The molecular weight excluding hydrogens is 164 g/mol. The molecule has 13 heavy (non-hydrogen) atoms. The van der Waals surface area contributed by atoms with Crippen LogP contribution in [-0.4, -0.2) is 22.9 Å². The molecule has 0 saturated carbocycles. The van der Waals surface area contributed by atoms with Gasteiger partial charge in [-0.3, -0.25) is 0 Å². The molecule has 0 unspecified atom stereocenters. The fourth-order valence-corrected chi connectivity index (χ4v) is 3.36. The predicted molar refractivity (Wildman–Crippen MR) is 51.5 cm³/mol. The average molecular weight is 184 g/mol. The van der Waals surface area contributed by atoms with Gasteiger partial charge in [0.15, 0.2) is 0 Å². The normalized spacial score (nSPS) is 54.5. The SMILES string of the molecule is C[C@H]1[C@H](CCO)[C@]2(C)CC[C@@]1(C)O2. The Morgan fingerprint density at radius 2 is 1.92 bits per heavy atom. The Hall–Kier alpha value is -0.0800. The van der Waals surface area contributed by atoms with Crippen molar-refractivity contribution in [2.45, 2.75) is 51.2 Å². The minimum atomic E-state index is 0.0525. The van der Waals surface area contributed by atoms with E-state index in [2.05, 4.69) is 20.8 Å². The van der Waals surface area contributed by atoms with E-state index in [0.29, 0.717) is 18.4 Å². The largest absolute Gasteiger partial charge is 0.396 e. The summed E-state index contributed by atoms with van der Waals surface area (Å²) in [7, 11) is 0. The minimum Gasteiger partial charge on any atom is -0.396 e. The topological polar surface area (TPSA) is 29.5 Å². The average Bonchev–Trinajstić information content (AvgIpc) is 2.46. The molecule has 0 amide bonds. The fourth-order valence-electron chi connectivity index (χ4n) is 3.36. The summed E-state index contributed by atoms with van der Waals surface area (Å²) in [5.41, 5.74) is 0.144. The highest BCUT2D eigenvalue weighted by Crippen LogP contribution is 2.57. The lowest BCUT2D eigenvalue weighted by Gasteiger charge is -2.34. The van der Waals surface area contributed by atoms with E-state index >= 15 is 0 Å². The van der Waals surface area contributed by atoms with Gasteiger partial charge in [0.2, 0.25) is 0 Å². The maximum Gasteiger partial charge on any atom is 0.0695 e. The van der Waals surface area contributed by atoms with Gasteiger partial charge in [-0.15, -0.1) is 0 Å². The Morgan fingerprint density at radius 3 is 2.38 bits per heavy atom. The van der Waals surface area contributed by atoms with Gasteiger partial charge in [0.05, 0.1) is 11.2 Å². The van der Waals surface area contributed by atoms with Crippen molar-refractivity contribution in [3.63, 3.8) is 0 Å². The highest BCUT2D eigenvalue weighted by molar-refractivity contribution is 5.09. The van der Waals surface area contributed by atoms with Crippen LogP contribution in [0.5, 0.6) is 0 Å². The van der Waals surface area contributed by atoms with Gasteiger partial charge >= 0.3 is 0 Å². The summed E-state index contributed by atoms with van der Waals surface area (Å²) in [6, 6.07) is 0. The number of hydrogen-bond donors (Lipinski definition) is 1. The van der Waals surface area contributed by atoms with Gasteiger partial charge < -0.3 is 9.84 Å². The number of hydrogen-bond acceptors (Lipinski definition) is 2. The molecule has 2 rings (SSSR count). The number of fused-ring (bicyclic) bond motifs is 2. The molecule has 1 N–H and O–H groups in total. The smallest absolute Gasteiger partial charge is 0.0695 e. The molecule has 76 valence electrons. The fraction of sp³-hybridized carbons (Fsp3) is 1.00. The van der Waals surface area contributed by atoms with Crippen molar-refractivity contribution in [2.24, 2.45) is 11.8 Å². The van der Waals surface area contributed by atoms with Gasteiger partial charge in [-0.2, -0.15) is 0 Å². The summed E-state index contributed by atoms with van der Waals surface area (Å²) >= 11 is 0. The highest BCUT2D eigenvalue weighted by atomic mass is 16.5. The molecule has 2 heteroatoms. The second kappa shape index (κ2) is 2.71. The van der Waals surface area contributed by atoms with E-state index in [1.165, 1.54) is 12.8 Å². The molecule has 2 aliphatic heterocycles. The van der Waals surface area contributed by atoms with Gasteiger partial charge in [-0.1, -0.05) is 6.92 Å². The van der Waals surface area contributed by atoms with Crippen LogP contribution < -0.4 is 0 Å². The van der Waals surface area contributed by atoms with Gasteiger partial charge in [0.1, 0.15) is 0 Å². The first-order chi connectivity index (χ1) is 6.02. The lowest BCUT2D eigenvalue weighted by atomic mass is 9.67. The van der Waals surface area contributed by atoms with Crippen LogP contribution in [0.2, 0.25) is 0 Å². The van der Waals surface area contributed by atoms with Crippen molar-refractivity contribution < 1.29 is 9.84 Å². The van der Waals surface area contributed by atoms with Gasteiger partial charge in [-0.05, 0) is 44.9 Å². The molecule has 2 fully saturated rings. The summed E-state index contributed by atoms with van der Waals surface area (Å²) in [5, 5.41) is 9.02. The Morgan fingerprint density at radius 1 is 1.31 bits per heavy atom. The lowest BCUT2D eigenvalue weighted by molar-refractivity contribution is -0.0437. The van der Waals surface area contributed by atoms with Crippen molar-refractivity contribution in [3.05, 3.63) is 0 Å². The monoisotopic (exact) mass is 184 g/mol. The molecule has 2 bridgehead atoms. The summed E-state index contributed by atoms with van der Waals surface area (Å²) in [4.78, 5) is 0. The zero-order chi connectivity index (χ0) is 9.69. The Balaban J connectivity index is 2.21. The van der Waals surface area contributed by atoms with Crippen LogP contribution in [0.25, 0.3) is 0 Å². The maximum absolute atomic E-state index is 9.02. The maximum atomic E-state index is 9.02. The summed E-state index contributed by atoms with van der Waals surface area (Å²) < 4.78 is 6.11. The van der Waals surface area contributed by atoms with Crippen molar-refractivity contribution >= 4 is 0 Å². The molecule has 2 aliphatic rings. The highest BCUT2D eigenvalue weighted by Gasteiger charge is 2.60. The molecule has 0 aromatic rings. The molecule has 2 saturated heterocycles. The van der Waals surface area contributed by atoms with Crippen LogP contribution in [0.1, 0.15) is 40.0 Å². The first-order valence-electron chi connectivity index (χ1n) is 5.33. The Bertz CT molecular complexity index is 216. The second-order valence-electron chi connectivity index (χ2n) is 5.13. The third kappa shape index (κ3) is 1.15. The zero-order valence-corrected chi connectivity index (χ0v) is 8.84. The first kappa shape index (κ1) is 9.47. The third-order valence-corrected chi connectivity index (χ3v) is 4.38. The Kier molecular flexibility index (Phi) is 1.97. The Labute approximate surface area is 80.3 Å². The molecular formula is C11H20O2. The number of rotatable bonds is 2. The van der Waals surface area contributed by atoms with Crippen LogP contribution in [0.15, 0.2) is 0 Å². The van der Waals surface area contributed by atoms with E-state index in [0.717, 1.165) is 6.42 Å². The predicted octanol–water partition coefficient (Wildman–Crippen LogP) is 1.96. The molecule has 2 heterocycles. The minimum absolute atomic E-state index is 0.0525. The summed E-state index contributed by atoms with van der Waals surface area (Å²) in [5.74, 6) is 1.15. The van der Waals surface area contributed by atoms with Crippen molar-refractivity contribution in [3.8, 4) is 0 Å². The van der Waals surface area contributed by atoms with E-state index in [1.807, 2.05) is 0 Å². The molecule has 0 aromatic carbocycles. The first-order valence-corrected chi connectivity index (χ1v) is 5.33. The quantitative estimate of drug-likeness (QED) is 0.711. The molecule has 0 radical (unpaired) electrons. The second-order valence-corrected chi connectivity index (χ2v) is 5.13. The lowest BCUT2D eigenvalue weighted by Crippen LogP contribution is -2.37. The van der Waals surface area contributed by atoms with E-state index in [9.17, 15) is 0 Å². The van der Waals surface area contributed by atoms with Crippen LogP contribution in [0.4, 0.5) is 0 Å². The summed E-state index contributed by atoms with van der Waals surface area (Å²) in [6.07, 6.45) is 3.25. The van der Waals surface area contributed by atoms with Crippen LogP contribution in [0, 0.1) is 11.8 Å². The van der Waals surface area contributed by atoms with Crippen LogP contribution in [-0.2, 0) is 4.74 Å². The van der Waals surface area contributed by atoms with Gasteiger partial charge in [0, 0.05) is 6.61 Å². The summed E-state index contributed by atoms with van der Waals surface area (Å²) in [6.45, 7) is 7.00. The van der Waals surface area contributed by atoms with Crippen LogP contribution >= 0.6 is 0 Å². The van der Waals surface area contributed by atoms with Crippen LogP contribution in [0.3, 0.4) is 0 Å². The molecule has 0 aliphatic carbocycles. The molecule has 0 spiro atoms. The van der Waals surface area contributed by atoms with E-state index in [-0.39, 0.29) is 11.2 Å². The molecule has 4 atom stereocenters. The van der Waals surface area contributed by atoms with Crippen molar-refractivity contribution in [2.75, 3.05) is 6.61 Å². The number of aliphatic hydroxyl groups excluding tert-OH is 1. The van der Waals surface area contributed by atoms with Gasteiger partial charge in [0.25, 0.3) is 0 Å².